The molecule has 0 heterocycles. The van der Waals surface area contributed by atoms with Crippen LogP contribution in [0.4, 0.5) is 0 Å². The van der Waals surface area contributed by atoms with Gasteiger partial charge in [0.1, 0.15) is 30.3 Å². The highest BCUT2D eigenvalue weighted by Crippen LogP contribution is 2.22. The van der Waals surface area contributed by atoms with Crippen molar-refractivity contribution >= 4 is 0 Å². The quantitative estimate of drug-likeness (QED) is 0.712. The van der Waals surface area contributed by atoms with Crippen LogP contribution in [0.25, 0.3) is 0 Å². The number of quaternary nitrogens is 1. The molecule has 0 aliphatic heterocycles. The molecule has 0 aliphatic rings. The largest absolute Gasteiger partial charge is 1.00 e. The van der Waals surface area contributed by atoms with E-state index >= 15 is 0 Å². The SMILES string of the molecule is COc1ccccc1COc1ccc(C(O)C(C)[NH3+])cc1.[Cl-]. The zero-order chi connectivity index (χ0) is 15.2. The van der Waals surface area contributed by atoms with E-state index in [9.17, 15) is 5.11 Å². The number of rotatable bonds is 6. The summed E-state index contributed by atoms with van der Waals surface area (Å²) in [5.41, 5.74) is 5.68. The van der Waals surface area contributed by atoms with Crippen molar-refractivity contribution in [1.29, 1.82) is 0 Å². The number of benzene rings is 2. The molecule has 0 saturated carbocycles. The Morgan fingerprint density at radius 1 is 1.09 bits per heavy atom. The van der Waals surface area contributed by atoms with Gasteiger partial charge in [0.2, 0.25) is 0 Å². The Morgan fingerprint density at radius 2 is 1.73 bits per heavy atom. The smallest absolute Gasteiger partial charge is 0.130 e. The first kappa shape index (κ1) is 18.3. The van der Waals surface area contributed by atoms with E-state index in [0.29, 0.717) is 6.61 Å². The van der Waals surface area contributed by atoms with Crippen LogP contribution >= 0.6 is 0 Å². The fraction of sp³-hybridized carbons (Fsp3) is 0.294. The lowest BCUT2D eigenvalue weighted by Crippen LogP contribution is -3.00. The average molecular weight is 324 g/mol. The molecule has 2 aromatic rings. The highest BCUT2D eigenvalue weighted by molar-refractivity contribution is 5.34. The lowest BCUT2D eigenvalue weighted by atomic mass is 10.0. The molecular formula is C17H22ClNO3. The summed E-state index contributed by atoms with van der Waals surface area (Å²) in [5, 5.41) is 9.95. The van der Waals surface area contributed by atoms with E-state index < -0.39 is 6.10 Å². The van der Waals surface area contributed by atoms with Crippen molar-refractivity contribution in [3.63, 3.8) is 0 Å². The van der Waals surface area contributed by atoms with Gasteiger partial charge in [0.15, 0.2) is 0 Å². The molecule has 0 radical (unpaired) electrons. The first-order chi connectivity index (χ1) is 10.1. The number of aliphatic hydroxyl groups is 1. The maximum Gasteiger partial charge on any atom is 0.130 e. The Balaban J connectivity index is 0.00000242. The van der Waals surface area contributed by atoms with E-state index in [-0.39, 0.29) is 18.4 Å². The molecule has 2 unspecified atom stereocenters. The molecule has 2 rings (SSSR count). The summed E-state index contributed by atoms with van der Waals surface area (Å²) in [7, 11) is 1.65. The predicted molar refractivity (Wildman–Crippen MR) is 81.1 cm³/mol. The molecule has 2 atom stereocenters. The van der Waals surface area contributed by atoms with Gasteiger partial charge in [0.05, 0.1) is 7.11 Å². The van der Waals surface area contributed by atoms with Crippen LogP contribution in [0, 0.1) is 0 Å². The van der Waals surface area contributed by atoms with Crippen molar-refractivity contribution in [3.8, 4) is 11.5 Å². The molecule has 0 spiro atoms. The maximum absolute atomic E-state index is 9.95. The average Bonchev–Trinajstić information content (AvgIpc) is 2.52. The van der Waals surface area contributed by atoms with Gasteiger partial charge in [-0.15, -0.1) is 0 Å². The van der Waals surface area contributed by atoms with Gasteiger partial charge in [-0.05, 0) is 30.7 Å². The topological polar surface area (TPSA) is 66.3 Å². The van der Waals surface area contributed by atoms with E-state index in [0.717, 1.165) is 22.6 Å². The van der Waals surface area contributed by atoms with Crippen LogP contribution in [0.15, 0.2) is 48.5 Å². The summed E-state index contributed by atoms with van der Waals surface area (Å²) in [5.74, 6) is 1.57. The van der Waals surface area contributed by atoms with Gasteiger partial charge in [-0.25, -0.2) is 0 Å². The normalized spacial score (nSPS) is 12.9. The van der Waals surface area contributed by atoms with Crippen molar-refractivity contribution < 1.29 is 32.7 Å². The summed E-state index contributed by atoms with van der Waals surface area (Å²) in [6, 6.07) is 15.2. The van der Waals surface area contributed by atoms with E-state index in [2.05, 4.69) is 5.73 Å². The van der Waals surface area contributed by atoms with Crippen LogP contribution in [0.1, 0.15) is 24.2 Å². The van der Waals surface area contributed by atoms with Crippen LogP contribution in [0.3, 0.4) is 0 Å². The van der Waals surface area contributed by atoms with Crippen LogP contribution in [-0.4, -0.2) is 18.3 Å². The van der Waals surface area contributed by atoms with Gasteiger partial charge in [0, 0.05) is 5.56 Å². The fourth-order valence-electron chi connectivity index (χ4n) is 2.07. The standard InChI is InChI=1S/C17H21NO3.ClH/c1-12(18)17(19)13-7-9-15(10-8-13)21-11-14-5-3-4-6-16(14)20-2;/h3-10,12,17,19H,11,18H2,1-2H3;1H. The molecule has 0 amide bonds. The third-order valence-electron chi connectivity index (χ3n) is 3.35. The molecule has 0 aliphatic carbocycles. The minimum atomic E-state index is -0.548. The molecule has 2 aromatic carbocycles. The van der Waals surface area contributed by atoms with E-state index in [1.165, 1.54) is 0 Å². The summed E-state index contributed by atoms with van der Waals surface area (Å²) in [4.78, 5) is 0. The first-order valence-electron chi connectivity index (χ1n) is 6.97. The molecular weight excluding hydrogens is 302 g/mol. The Morgan fingerprint density at radius 3 is 2.32 bits per heavy atom. The van der Waals surface area contributed by atoms with E-state index in [1.54, 1.807) is 7.11 Å². The minimum Gasteiger partial charge on any atom is -1.00 e. The zero-order valence-corrected chi connectivity index (χ0v) is 13.6. The Bertz CT molecular complexity index is 572. The second-order valence-corrected chi connectivity index (χ2v) is 5.09. The minimum absolute atomic E-state index is 0. The monoisotopic (exact) mass is 323 g/mol. The fourth-order valence-corrected chi connectivity index (χ4v) is 2.07. The first-order valence-corrected chi connectivity index (χ1v) is 6.97. The summed E-state index contributed by atoms with van der Waals surface area (Å²) in [6.45, 7) is 2.33. The van der Waals surface area contributed by atoms with Crippen molar-refractivity contribution in [2.75, 3.05) is 7.11 Å². The Labute approximate surface area is 137 Å². The number of ether oxygens (including phenoxy) is 2. The highest BCUT2D eigenvalue weighted by atomic mass is 35.5. The molecule has 0 aromatic heterocycles. The second-order valence-electron chi connectivity index (χ2n) is 5.09. The van der Waals surface area contributed by atoms with Crippen LogP contribution in [-0.2, 0) is 6.61 Å². The predicted octanol–water partition coefficient (Wildman–Crippen LogP) is -1.06. The van der Waals surface area contributed by atoms with Gasteiger partial charge in [-0.1, -0.05) is 30.3 Å². The number of methoxy groups -OCH3 is 1. The van der Waals surface area contributed by atoms with Gasteiger partial charge in [0.25, 0.3) is 0 Å². The van der Waals surface area contributed by atoms with Gasteiger partial charge in [-0.3, -0.25) is 0 Å². The summed E-state index contributed by atoms with van der Waals surface area (Å²) < 4.78 is 11.0. The highest BCUT2D eigenvalue weighted by Gasteiger charge is 2.15. The number of hydrogen-bond acceptors (Lipinski definition) is 3. The zero-order valence-electron chi connectivity index (χ0n) is 12.8. The van der Waals surface area contributed by atoms with Crippen LogP contribution in [0.2, 0.25) is 0 Å². The lowest BCUT2D eigenvalue weighted by molar-refractivity contribution is -0.433. The van der Waals surface area contributed by atoms with E-state index in [4.69, 9.17) is 9.47 Å². The number of halogens is 1. The second kappa shape index (κ2) is 8.63. The number of aliphatic hydroxyl groups excluding tert-OH is 1. The van der Waals surface area contributed by atoms with Crippen molar-refractivity contribution in [2.45, 2.75) is 25.7 Å². The molecule has 4 nitrogen and oxygen atoms in total. The van der Waals surface area contributed by atoms with Gasteiger partial charge in [-0.2, -0.15) is 0 Å². The Kier molecular flexibility index (Phi) is 7.18. The lowest BCUT2D eigenvalue weighted by Gasteiger charge is -2.13. The van der Waals surface area contributed by atoms with Crippen molar-refractivity contribution in [2.24, 2.45) is 0 Å². The molecule has 5 heteroatoms. The maximum atomic E-state index is 9.95. The van der Waals surface area contributed by atoms with Gasteiger partial charge < -0.3 is 32.7 Å². The molecule has 22 heavy (non-hydrogen) atoms. The molecule has 120 valence electrons. The molecule has 0 saturated heterocycles. The Hall–Kier alpha value is -1.75. The molecule has 0 bridgehead atoms. The van der Waals surface area contributed by atoms with Gasteiger partial charge >= 0.3 is 0 Å². The molecule has 4 N–H and O–H groups in total. The molecule has 0 fully saturated rings. The van der Waals surface area contributed by atoms with E-state index in [1.807, 2.05) is 55.5 Å². The van der Waals surface area contributed by atoms with Crippen LogP contribution in [0.5, 0.6) is 11.5 Å². The summed E-state index contributed by atoms with van der Waals surface area (Å²) in [6.07, 6.45) is -0.548. The summed E-state index contributed by atoms with van der Waals surface area (Å²) >= 11 is 0. The third-order valence-corrected chi connectivity index (χ3v) is 3.35. The number of para-hydroxylation sites is 1. The van der Waals surface area contributed by atoms with Crippen molar-refractivity contribution in [1.82, 2.24) is 0 Å². The van der Waals surface area contributed by atoms with Crippen LogP contribution < -0.4 is 27.6 Å². The number of hydrogen-bond donors (Lipinski definition) is 2. The third kappa shape index (κ3) is 4.63. The van der Waals surface area contributed by atoms with Crippen molar-refractivity contribution in [3.05, 3.63) is 59.7 Å².